The van der Waals surface area contributed by atoms with E-state index in [1.807, 2.05) is 19.1 Å². The molecule has 0 bridgehead atoms. The van der Waals surface area contributed by atoms with Gasteiger partial charge in [0.1, 0.15) is 6.10 Å². The van der Waals surface area contributed by atoms with Crippen molar-refractivity contribution in [2.24, 2.45) is 0 Å². The van der Waals surface area contributed by atoms with E-state index >= 15 is 0 Å². The van der Waals surface area contributed by atoms with Gasteiger partial charge in [0.25, 0.3) is 0 Å². The SMILES string of the molecule is COc1cc(C(O)c2ccc(C)c(Cl)c2)cc2c1OCO2. The highest BCUT2D eigenvalue weighted by Crippen LogP contribution is 2.43. The summed E-state index contributed by atoms with van der Waals surface area (Å²) in [7, 11) is 1.55. The normalized spacial score (nSPS) is 14.1. The Balaban J connectivity index is 2.01. The first-order chi connectivity index (χ1) is 10.1. The largest absolute Gasteiger partial charge is 0.493 e. The molecule has 0 spiro atoms. The summed E-state index contributed by atoms with van der Waals surface area (Å²) >= 11 is 6.12. The van der Waals surface area contributed by atoms with Crippen LogP contribution in [0.2, 0.25) is 5.02 Å². The fraction of sp³-hybridized carbons (Fsp3) is 0.250. The number of ether oxygens (including phenoxy) is 3. The molecule has 110 valence electrons. The highest BCUT2D eigenvalue weighted by atomic mass is 35.5. The fourth-order valence-electron chi connectivity index (χ4n) is 2.28. The van der Waals surface area contributed by atoms with Gasteiger partial charge in [-0.3, -0.25) is 0 Å². The van der Waals surface area contributed by atoms with E-state index in [9.17, 15) is 5.11 Å². The standard InChI is InChI=1S/C16H15ClO4/c1-9-3-4-10(5-12(9)17)15(18)11-6-13(19-2)16-14(7-11)20-8-21-16/h3-7,15,18H,8H2,1-2H3. The lowest BCUT2D eigenvalue weighted by atomic mass is 9.99. The molecule has 5 heteroatoms. The summed E-state index contributed by atoms with van der Waals surface area (Å²) < 4.78 is 16.0. The Kier molecular flexibility index (Phi) is 3.66. The van der Waals surface area contributed by atoms with Gasteiger partial charge in [-0.15, -0.1) is 0 Å². The van der Waals surface area contributed by atoms with E-state index < -0.39 is 6.10 Å². The predicted octanol–water partition coefficient (Wildman–Crippen LogP) is 3.47. The van der Waals surface area contributed by atoms with Crippen LogP contribution in [0.5, 0.6) is 17.2 Å². The molecule has 4 nitrogen and oxygen atoms in total. The molecule has 3 rings (SSSR count). The maximum atomic E-state index is 10.5. The molecule has 0 fully saturated rings. The Morgan fingerprint density at radius 1 is 1.19 bits per heavy atom. The van der Waals surface area contributed by atoms with Crippen LogP contribution in [-0.2, 0) is 0 Å². The highest BCUT2D eigenvalue weighted by molar-refractivity contribution is 6.31. The number of fused-ring (bicyclic) bond motifs is 1. The van der Waals surface area contributed by atoms with Crippen molar-refractivity contribution >= 4 is 11.6 Å². The summed E-state index contributed by atoms with van der Waals surface area (Å²) in [4.78, 5) is 0. The lowest BCUT2D eigenvalue weighted by Crippen LogP contribution is -2.01. The van der Waals surface area contributed by atoms with Gasteiger partial charge in [0, 0.05) is 5.02 Å². The predicted molar refractivity (Wildman–Crippen MR) is 79.4 cm³/mol. The second-order valence-electron chi connectivity index (χ2n) is 4.87. The molecule has 0 amide bonds. The van der Waals surface area contributed by atoms with E-state index in [-0.39, 0.29) is 6.79 Å². The minimum absolute atomic E-state index is 0.154. The van der Waals surface area contributed by atoms with Crippen molar-refractivity contribution in [2.75, 3.05) is 13.9 Å². The fourth-order valence-corrected chi connectivity index (χ4v) is 2.47. The van der Waals surface area contributed by atoms with Gasteiger partial charge < -0.3 is 19.3 Å². The Hall–Kier alpha value is -1.91. The number of hydrogen-bond donors (Lipinski definition) is 1. The van der Waals surface area contributed by atoms with Crippen LogP contribution in [0, 0.1) is 6.92 Å². The summed E-state index contributed by atoms with van der Waals surface area (Å²) in [5.74, 6) is 1.68. The average molecular weight is 307 g/mol. The minimum Gasteiger partial charge on any atom is -0.493 e. The smallest absolute Gasteiger partial charge is 0.231 e. The summed E-state index contributed by atoms with van der Waals surface area (Å²) in [6, 6.07) is 8.99. The molecule has 1 aliphatic heterocycles. The summed E-state index contributed by atoms with van der Waals surface area (Å²) in [6.07, 6.45) is -0.813. The second-order valence-corrected chi connectivity index (χ2v) is 5.28. The average Bonchev–Trinajstić information content (AvgIpc) is 2.96. The van der Waals surface area contributed by atoms with E-state index in [1.165, 1.54) is 0 Å². The number of halogens is 1. The zero-order valence-electron chi connectivity index (χ0n) is 11.7. The highest BCUT2D eigenvalue weighted by Gasteiger charge is 2.23. The van der Waals surface area contributed by atoms with Crippen LogP contribution < -0.4 is 14.2 Å². The molecule has 1 aliphatic rings. The molecule has 21 heavy (non-hydrogen) atoms. The molecule has 1 heterocycles. The van der Waals surface area contributed by atoms with Crippen LogP contribution >= 0.6 is 11.6 Å². The molecule has 2 aromatic rings. The van der Waals surface area contributed by atoms with Crippen LogP contribution in [0.4, 0.5) is 0 Å². The molecule has 0 saturated carbocycles. The van der Waals surface area contributed by atoms with Crippen molar-refractivity contribution in [2.45, 2.75) is 13.0 Å². The van der Waals surface area contributed by atoms with Gasteiger partial charge in [-0.05, 0) is 41.8 Å². The Labute approximate surface area is 127 Å². The van der Waals surface area contributed by atoms with Crippen molar-refractivity contribution in [3.63, 3.8) is 0 Å². The molecular weight excluding hydrogens is 292 g/mol. The number of hydrogen-bond acceptors (Lipinski definition) is 4. The van der Waals surface area contributed by atoms with Crippen LogP contribution in [-0.4, -0.2) is 19.0 Å². The molecule has 0 aliphatic carbocycles. The van der Waals surface area contributed by atoms with E-state index in [0.29, 0.717) is 33.4 Å². The van der Waals surface area contributed by atoms with Crippen molar-refractivity contribution < 1.29 is 19.3 Å². The lowest BCUT2D eigenvalue weighted by molar-refractivity contribution is 0.171. The van der Waals surface area contributed by atoms with Gasteiger partial charge >= 0.3 is 0 Å². The summed E-state index contributed by atoms with van der Waals surface area (Å²) in [5, 5.41) is 11.2. The minimum atomic E-state index is -0.813. The second kappa shape index (κ2) is 5.47. The van der Waals surface area contributed by atoms with E-state index in [2.05, 4.69) is 0 Å². The van der Waals surface area contributed by atoms with E-state index in [4.69, 9.17) is 25.8 Å². The first-order valence-corrected chi connectivity index (χ1v) is 6.89. The number of aryl methyl sites for hydroxylation is 1. The van der Waals surface area contributed by atoms with Crippen LogP contribution in [0.1, 0.15) is 22.8 Å². The topological polar surface area (TPSA) is 47.9 Å². The Bertz CT molecular complexity index is 684. The lowest BCUT2D eigenvalue weighted by Gasteiger charge is -2.15. The molecule has 1 unspecified atom stereocenters. The van der Waals surface area contributed by atoms with Crippen LogP contribution in [0.15, 0.2) is 30.3 Å². The van der Waals surface area contributed by atoms with Crippen molar-refractivity contribution in [3.8, 4) is 17.2 Å². The molecule has 1 N–H and O–H groups in total. The van der Waals surface area contributed by atoms with Crippen molar-refractivity contribution in [1.82, 2.24) is 0 Å². The van der Waals surface area contributed by atoms with Gasteiger partial charge in [-0.1, -0.05) is 23.7 Å². The maximum Gasteiger partial charge on any atom is 0.231 e. The van der Waals surface area contributed by atoms with Crippen molar-refractivity contribution in [1.29, 1.82) is 0 Å². The van der Waals surface area contributed by atoms with Gasteiger partial charge in [-0.2, -0.15) is 0 Å². The molecule has 0 saturated heterocycles. The third kappa shape index (κ3) is 2.52. The molecule has 0 aromatic heterocycles. The van der Waals surface area contributed by atoms with Crippen LogP contribution in [0.3, 0.4) is 0 Å². The van der Waals surface area contributed by atoms with Gasteiger partial charge in [0.05, 0.1) is 7.11 Å². The zero-order valence-corrected chi connectivity index (χ0v) is 12.5. The number of rotatable bonds is 3. The third-order valence-corrected chi connectivity index (χ3v) is 3.92. The first-order valence-electron chi connectivity index (χ1n) is 6.52. The summed E-state index contributed by atoms with van der Waals surface area (Å²) in [6.45, 7) is 2.07. The zero-order chi connectivity index (χ0) is 15.0. The van der Waals surface area contributed by atoms with Crippen LogP contribution in [0.25, 0.3) is 0 Å². The Morgan fingerprint density at radius 2 is 2.00 bits per heavy atom. The molecule has 1 atom stereocenters. The molecule has 2 aromatic carbocycles. The number of aliphatic hydroxyl groups is 1. The summed E-state index contributed by atoms with van der Waals surface area (Å²) in [5.41, 5.74) is 2.35. The van der Waals surface area contributed by atoms with Gasteiger partial charge in [0.2, 0.25) is 12.5 Å². The first kappa shape index (κ1) is 14.0. The molecular formula is C16H15ClO4. The van der Waals surface area contributed by atoms with E-state index in [1.54, 1.807) is 25.3 Å². The van der Waals surface area contributed by atoms with Gasteiger partial charge in [-0.25, -0.2) is 0 Å². The Morgan fingerprint density at radius 3 is 2.71 bits per heavy atom. The van der Waals surface area contributed by atoms with E-state index in [0.717, 1.165) is 5.56 Å². The number of benzene rings is 2. The monoisotopic (exact) mass is 306 g/mol. The number of aliphatic hydroxyl groups excluding tert-OH is 1. The quantitative estimate of drug-likeness (QED) is 0.943. The third-order valence-electron chi connectivity index (χ3n) is 3.51. The maximum absolute atomic E-state index is 10.5. The van der Waals surface area contributed by atoms with Gasteiger partial charge in [0.15, 0.2) is 11.5 Å². The van der Waals surface area contributed by atoms with Crippen molar-refractivity contribution in [3.05, 3.63) is 52.0 Å². The molecule has 0 radical (unpaired) electrons. The number of methoxy groups -OCH3 is 1.